The topological polar surface area (TPSA) is 35.9 Å². The second-order valence-electron chi connectivity index (χ2n) is 5.63. The molecular weight excluding hydrogens is 252 g/mol. The summed E-state index contributed by atoms with van der Waals surface area (Å²) in [6.07, 6.45) is 2.62. The maximum Gasteiger partial charge on any atom is 0.160 e. The first-order valence-electron chi connectivity index (χ1n) is 7.42. The standard InChI is InChI=1S/C16H26N2O2/c1-4-18-9-5-6-14(18)12-17(2)11-13-7-8-15(19)16(10-13)20-3/h7-8,10,14,19H,4-6,9,11-12H2,1-3H3. The van der Waals surface area contributed by atoms with Gasteiger partial charge in [0.2, 0.25) is 0 Å². The van der Waals surface area contributed by atoms with Gasteiger partial charge in [-0.05, 0) is 50.7 Å². The minimum atomic E-state index is 0.201. The van der Waals surface area contributed by atoms with E-state index in [1.54, 1.807) is 13.2 Å². The van der Waals surface area contributed by atoms with Crippen molar-refractivity contribution < 1.29 is 9.84 Å². The fourth-order valence-electron chi connectivity index (χ4n) is 3.07. The van der Waals surface area contributed by atoms with Crippen LogP contribution in [0, 0.1) is 0 Å². The molecule has 0 amide bonds. The number of phenolic OH excluding ortho intramolecular Hbond substituents is 1. The van der Waals surface area contributed by atoms with Gasteiger partial charge in [-0.25, -0.2) is 0 Å². The Morgan fingerprint density at radius 2 is 2.25 bits per heavy atom. The zero-order chi connectivity index (χ0) is 14.5. The fourth-order valence-corrected chi connectivity index (χ4v) is 3.07. The molecule has 1 N–H and O–H groups in total. The van der Waals surface area contributed by atoms with Crippen LogP contribution in [-0.2, 0) is 6.54 Å². The Balaban J connectivity index is 1.92. The quantitative estimate of drug-likeness (QED) is 0.866. The summed E-state index contributed by atoms with van der Waals surface area (Å²) < 4.78 is 5.16. The molecular formula is C16H26N2O2. The molecule has 1 unspecified atom stereocenters. The molecule has 0 radical (unpaired) electrons. The van der Waals surface area contributed by atoms with Gasteiger partial charge >= 0.3 is 0 Å². The molecule has 1 saturated heterocycles. The third-order valence-electron chi connectivity index (χ3n) is 4.12. The lowest BCUT2D eigenvalue weighted by Gasteiger charge is -2.27. The highest BCUT2D eigenvalue weighted by Crippen LogP contribution is 2.27. The number of phenols is 1. The van der Waals surface area contributed by atoms with Crippen molar-refractivity contribution in [1.82, 2.24) is 9.80 Å². The first-order chi connectivity index (χ1) is 9.63. The lowest BCUT2D eigenvalue weighted by atomic mass is 10.1. The van der Waals surface area contributed by atoms with Gasteiger partial charge < -0.3 is 14.7 Å². The highest BCUT2D eigenvalue weighted by molar-refractivity contribution is 5.41. The maximum absolute atomic E-state index is 9.62. The molecule has 0 aromatic heterocycles. The molecule has 1 aromatic carbocycles. The second-order valence-corrected chi connectivity index (χ2v) is 5.63. The fraction of sp³-hybridized carbons (Fsp3) is 0.625. The normalized spacial score (nSPS) is 19.7. The molecule has 0 bridgehead atoms. The van der Waals surface area contributed by atoms with Gasteiger partial charge in [0.05, 0.1) is 7.11 Å². The van der Waals surface area contributed by atoms with Gasteiger partial charge in [0.1, 0.15) is 0 Å². The van der Waals surface area contributed by atoms with Crippen LogP contribution in [0.2, 0.25) is 0 Å². The molecule has 4 nitrogen and oxygen atoms in total. The van der Waals surface area contributed by atoms with Crippen molar-refractivity contribution >= 4 is 0 Å². The zero-order valence-electron chi connectivity index (χ0n) is 12.8. The largest absolute Gasteiger partial charge is 0.504 e. The predicted molar refractivity (Wildman–Crippen MR) is 81.3 cm³/mol. The molecule has 20 heavy (non-hydrogen) atoms. The van der Waals surface area contributed by atoms with E-state index in [-0.39, 0.29) is 5.75 Å². The van der Waals surface area contributed by atoms with Gasteiger partial charge in [-0.1, -0.05) is 13.0 Å². The first kappa shape index (κ1) is 15.1. The molecule has 1 aliphatic rings. The number of nitrogens with zero attached hydrogens (tertiary/aromatic N) is 2. The van der Waals surface area contributed by atoms with E-state index >= 15 is 0 Å². The van der Waals surface area contributed by atoms with E-state index in [9.17, 15) is 5.11 Å². The first-order valence-corrected chi connectivity index (χ1v) is 7.42. The van der Waals surface area contributed by atoms with Gasteiger partial charge in [0.25, 0.3) is 0 Å². The Morgan fingerprint density at radius 3 is 2.95 bits per heavy atom. The molecule has 112 valence electrons. The van der Waals surface area contributed by atoms with Gasteiger partial charge in [-0.15, -0.1) is 0 Å². The Hall–Kier alpha value is -1.26. The summed E-state index contributed by atoms with van der Waals surface area (Å²) in [5.41, 5.74) is 1.17. The minimum Gasteiger partial charge on any atom is -0.504 e. The Morgan fingerprint density at radius 1 is 1.45 bits per heavy atom. The summed E-state index contributed by atoms with van der Waals surface area (Å²) >= 11 is 0. The van der Waals surface area contributed by atoms with Crippen molar-refractivity contribution in [2.45, 2.75) is 32.4 Å². The lowest BCUT2D eigenvalue weighted by Crippen LogP contribution is -2.38. The van der Waals surface area contributed by atoms with Crippen LogP contribution in [0.1, 0.15) is 25.3 Å². The molecule has 1 heterocycles. The molecule has 0 saturated carbocycles. The summed E-state index contributed by atoms with van der Waals surface area (Å²) in [5.74, 6) is 0.749. The molecule has 1 aromatic rings. The number of hydrogen-bond acceptors (Lipinski definition) is 4. The summed E-state index contributed by atoms with van der Waals surface area (Å²) in [6.45, 7) is 6.60. The monoisotopic (exact) mass is 278 g/mol. The van der Waals surface area contributed by atoms with Crippen molar-refractivity contribution in [2.75, 3.05) is 33.8 Å². The van der Waals surface area contributed by atoms with Crippen molar-refractivity contribution in [3.63, 3.8) is 0 Å². The number of methoxy groups -OCH3 is 1. The van der Waals surface area contributed by atoms with Crippen molar-refractivity contribution in [3.05, 3.63) is 23.8 Å². The number of hydrogen-bond donors (Lipinski definition) is 1. The molecule has 0 aliphatic carbocycles. The third kappa shape index (κ3) is 3.64. The smallest absolute Gasteiger partial charge is 0.160 e. The average Bonchev–Trinajstić information content (AvgIpc) is 2.88. The van der Waals surface area contributed by atoms with Crippen LogP contribution >= 0.6 is 0 Å². The Bertz CT molecular complexity index is 436. The number of likely N-dealkylation sites (N-methyl/N-ethyl adjacent to an activating group) is 2. The van der Waals surface area contributed by atoms with Crippen molar-refractivity contribution in [3.8, 4) is 11.5 Å². The van der Waals surface area contributed by atoms with Crippen LogP contribution < -0.4 is 4.74 Å². The minimum absolute atomic E-state index is 0.201. The van der Waals surface area contributed by atoms with Crippen LogP contribution in [0.4, 0.5) is 0 Å². The number of rotatable bonds is 6. The Labute approximate surface area is 122 Å². The van der Waals surface area contributed by atoms with E-state index < -0.39 is 0 Å². The number of likely N-dealkylation sites (tertiary alicyclic amines) is 1. The van der Waals surface area contributed by atoms with E-state index in [0.29, 0.717) is 11.8 Å². The molecule has 4 heteroatoms. The van der Waals surface area contributed by atoms with E-state index in [1.807, 2.05) is 12.1 Å². The maximum atomic E-state index is 9.62. The zero-order valence-corrected chi connectivity index (χ0v) is 12.8. The lowest BCUT2D eigenvalue weighted by molar-refractivity contribution is 0.194. The second kappa shape index (κ2) is 6.95. The van der Waals surface area contributed by atoms with E-state index in [4.69, 9.17) is 4.74 Å². The van der Waals surface area contributed by atoms with Gasteiger partial charge in [0.15, 0.2) is 11.5 Å². The summed E-state index contributed by atoms with van der Waals surface area (Å²) in [4.78, 5) is 4.92. The predicted octanol–water partition coefficient (Wildman–Crippen LogP) is 2.32. The van der Waals surface area contributed by atoms with Gasteiger partial charge in [-0.2, -0.15) is 0 Å². The third-order valence-corrected chi connectivity index (χ3v) is 4.12. The molecule has 2 rings (SSSR count). The van der Waals surface area contributed by atoms with Crippen LogP contribution in [0.5, 0.6) is 11.5 Å². The molecule has 1 aliphatic heterocycles. The van der Waals surface area contributed by atoms with Crippen LogP contribution in [-0.4, -0.2) is 54.7 Å². The van der Waals surface area contributed by atoms with Crippen LogP contribution in [0.25, 0.3) is 0 Å². The molecule has 1 fully saturated rings. The van der Waals surface area contributed by atoms with E-state index in [0.717, 1.165) is 19.6 Å². The van der Waals surface area contributed by atoms with Crippen LogP contribution in [0.3, 0.4) is 0 Å². The number of ether oxygens (including phenoxy) is 1. The van der Waals surface area contributed by atoms with Gasteiger partial charge in [-0.3, -0.25) is 4.90 Å². The molecule has 0 spiro atoms. The van der Waals surface area contributed by atoms with Gasteiger partial charge in [0, 0.05) is 19.1 Å². The van der Waals surface area contributed by atoms with Crippen molar-refractivity contribution in [2.24, 2.45) is 0 Å². The molecule has 1 atom stereocenters. The number of benzene rings is 1. The highest BCUT2D eigenvalue weighted by atomic mass is 16.5. The van der Waals surface area contributed by atoms with Crippen LogP contribution in [0.15, 0.2) is 18.2 Å². The van der Waals surface area contributed by atoms with E-state index in [2.05, 4.69) is 23.8 Å². The summed E-state index contributed by atoms with van der Waals surface area (Å²) in [7, 11) is 3.74. The number of aromatic hydroxyl groups is 1. The average molecular weight is 278 g/mol. The summed E-state index contributed by atoms with van der Waals surface area (Å²) in [6, 6.07) is 6.26. The summed E-state index contributed by atoms with van der Waals surface area (Å²) in [5, 5.41) is 9.62. The van der Waals surface area contributed by atoms with Crippen molar-refractivity contribution in [1.29, 1.82) is 0 Å². The SMILES string of the molecule is CCN1CCCC1CN(C)Cc1ccc(O)c(OC)c1. The highest BCUT2D eigenvalue weighted by Gasteiger charge is 2.23. The van der Waals surface area contributed by atoms with E-state index in [1.165, 1.54) is 24.9 Å². The Kier molecular flexibility index (Phi) is 5.26.